The molecule has 1 aliphatic carbocycles. The van der Waals surface area contributed by atoms with Crippen LogP contribution in [0, 0.1) is 11.8 Å². The van der Waals surface area contributed by atoms with E-state index < -0.39 is 0 Å². The van der Waals surface area contributed by atoms with Gasteiger partial charge in [0.2, 0.25) is 0 Å². The van der Waals surface area contributed by atoms with Gasteiger partial charge in [-0.25, -0.2) is 0 Å². The first kappa shape index (κ1) is 15.7. The van der Waals surface area contributed by atoms with E-state index in [4.69, 9.17) is 11.6 Å². The normalized spacial score (nSPS) is 23.8. The molecule has 0 radical (unpaired) electrons. The van der Waals surface area contributed by atoms with E-state index in [-0.39, 0.29) is 10.6 Å². The van der Waals surface area contributed by atoms with Crippen LogP contribution in [0.15, 0.2) is 41.3 Å². The van der Waals surface area contributed by atoms with Gasteiger partial charge >= 0.3 is 0 Å². The van der Waals surface area contributed by atoms with Crippen LogP contribution in [0.25, 0.3) is 5.69 Å². The van der Waals surface area contributed by atoms with Gasteiger partial charge < -0.3 is 4.90 Å². The highest BCUT2D eigenvalue weighted by atomic mass is 35.5. The Morgan fingerprint density at radius 3 is 2.58 bits per heavy atom. The molecule has 2 aromatic rings. The van der Waals surface area contributed by atoms with Crippen LogP contribution in [0.3, 0.4) is 0 Å². The predicted octanol–water partition coefficient (Wildman–Crippen LogP) is 3.90. The summed E-state index contributed by atoms with van der Waals surface area (Å²) in [4.78, 5) is 14.9. The Morgan fingerprint density at radius 1 is 1.04 bits per heavy atom. The number of benzene rings is 1. The van der Waals surface area contributed by atoms with E-state index in [1.807, 2.05) is 30.3 Å². The van der Waals surface area contributed by atoms with Crippen LogP contribution in [-0.4, -0.2) is 22.9 Å². The van der Waals surface area contributed by atoms with E-state index in [0.29, 0.717) is 0 Å². The first-order valence-electron chi connectivity index (χ1n) is 8.82. The topological polar surface area (TPSA) is 38.1 Å². The molecule has 0 bridgehead atoms. The van der Waals surface area contributed by atoms with Gasteiger partial charge in [0, 0.05) is 13.1 Å². The van der Waals surface area contributed by atoms with Gasteiger partial charge in [-0.15, -0.1) is 0 Å². The third-order valence-corrected chi connectivity index (χ3v) is 5.89. The quantitative estimate of drug-likeness (QED) is 0.830. The molecule has 1 saturated heterocycles. The van der Waals surface area contributed by atoms with Crippen LogP contribution < -0.4 is 10.5 Å². The highest BCUT2D eigenvalue weighted by Gasteiger charge is 2.32. The number of hydrogen-bond donors (Lipinski definition) is 0. The Balaban J connectivity index is 1.63. The smallest absolute Gasteiger partial charge is 0.292 e. The van der Waals surface area contributed by atoms with Crippen molar-refractivity contribution < 1.29 is 0 Å². The summed E-state index contributed by atoms with van der Waals surface area (Å²) in [7, 11) is 0. The van der Waals surface area contributed by atoms with Crippen molar-refractivity contribution in [2.24, 2.45) is 11.8 Å². The zero-order chi connectivity index (χ0) is 16.5. The molecular formula is C19H22ClN3O. The molecule has 1 aromatic heterocycles. The SMILES string of the molecule is O=c1c(Cl)c(N2CC[C@H]3CCCC[C@@H]3C2)cnn1-c1ccccc1. The molecule has 2 atom stereocenters. The zero-order valence-corrected chi connectivity index (χ0v) is 14.5. The van der Waals surface area contributed by atoms with Crippen LogP contribution in [-0.2, 0) is 0 Å². The number of rotatable bonds is 2. The second-order valence-electron chi connectivity index (χ2n) is 6.94. The monoisotopic (exact) mass is 343 g/mol. The fourth-order valence-corrected chi connectivity index (χ4v) is 4.47. The Morgan fingerprint density at radius 2 is 1.79 bits per heavy atom. The fraction of sp³-hybridized carbons (Fsp3) is 0.474. The lowest BCUT2D eigenvalue weighted by atomic mass is 9.75. The lowest BCUT2D eigenvalue weighted by Gasteiger charge is -2.42. The minimum Gasteiger partial charge on any atom is -0.369 e. The van der Waals surface area contributed by atoms with Crippen LogP contribution in [0.5, 0.6) is 0 Å². The minimum atomic E-state index is -0.244. The largest absolute Gasteiger partial charge is 0.369 e. The van der Waals surface area contributed by atoms with Crippen molar-refractivity contribution in [2.45, 2.75) is 32.1 Å². The summed E-state index contributed by atoms with van der Waals surface area (Å²) in [6.07, 6.45) is 8.31. The average molecular weight is 344 g/mol. The molecular weight excluding hydrogens is 322 g/mol. The van der Waals surface area contributed by atoms with E-state index in [0.717, 1.165) is 36.3 Å². The number of nitrogens with zero attached hydrogens (tertiary/aromatic N) is 3. The standard InChI is InChI=1S/C19H22ClN3O/c20-18-17(22-11-10-14-6-4-5-7-15(14)13-22)12-21-23(19(18)24)16-8-2-1-3-9-16/h1-3,8-9,12,14-15H,4-7,10-11,13H2/t14-,15-/m1/s1. The first-order valence-corrected chi connectivity index (χ1v) is 9.20. The van der Waals surface area contributed by atoms with Gasteiger partial charge in [0.05, 0.1) is 17.6 Å². The molecule has 4 rings (SSSR count). The molecule has 1 aliphatic heterocycles. The number of fused-ring (bicyclic) bond motifs is 1. The number of anilines is 1. The number of para-hydroxylation sites is 1. The second-order valence-corrected chi connectivity index (χ2v) is 7.31. The Hall–Kier alpha value is -1.81. The molecule has 2 fully saturated rings. The maximum atomic E-state index is 12.7. The number of aromatic nitrogens is 2. The van der Waals surface area contributed by atoms with Gasteiger partial charge in [-0.05, 0) is 36.8 Å². The maximum absolute atomic E-state index is 12.7. The lowest BCUT2D eigenvalue weighted by molar-refractivity contribution is 0.202. The molecule has 4 nitrogen and oxygen atoms in total. The third-order valence-electron chi connectivity index (χ3n) is 5.53. The maximum Gasteiger partial charge on any atom is 0.292 e. The highest BCUT2D eigenvalue weighted by Crippen LogP contribution is 2.38. The average Bonchev–Trinajstić information content (AvgIpc) is 2.64. The van der Waals surface area contributed by atoms with Crippen LogP contribution >= 0.6 is 11.6 Å². The lowest BCUT2D eigenvalue weighted by Crippen LogP contribution is -2.42. The molecule has 2 heterocycles. The first-order chi connectivity index (χ1) is 11.7. The molecule has 2 aliphatic rings. The van der Waals surface area contributed by atoms with E-state index in [1.165, 1.54) is 36.8 Å². The molecule has 0 spiro atoms. The van der Waals surface area contributed by atoms with Crippen molar-refractivity contribution >= 4 is 17.3 Å². The van der Waals surface area contributed by atoms with Crippen molar-refractivity contribution in [2.75, 3.05) is 18.0 Å². The number of piperidine rings is 1. The van der Waals surface area contributed by atoms with Crippen LogP contribution in [0.2, 0.25) is 5.02 Å². The second kappa shape index (κ2) is 6.60. The van der Waals surface area contributed by atoms with Gasteiger partial charge in [-0.2, -0.15) is 9.78 Å². The fourth-order valence-electron chi connectivity index (χ4n) is 4.22. The predicted molar refractivity (Wildman–Crippen MR) is 97.1 cm³/mol. The Kier molecular flexibility index (Phi) is 4.31. The summed E-state index contributed by atoms with van der Waals surface area (Å²) in [6.45, 7) is 1.97. The van der Waals surface area contributed by atoms with E-state index in [9.17, 15) is 4.79 Å². The van der Waals surface area contributed by atoms with Gasteiger partial charge in [0.25, 0.3) is 5.56 Å². The summed E-state index contributed by atoms with van der Waals surface area (Å²) in [5.74, 6) is 1.59. The van der Waals surface area contributed by atoms with E-state index in [1.54, 1.807) is 6.20 Å². The van der Waals surface area contributed by atoms with Crippen LogP contribution in [0.1, 0.15) is 32.1 Å². The van der Waals surface area contributed by atoms with Gasteiger partial charge in [-0.3, -0.25) is 4.79 Å². The summed E-state index contributed by atoms with van der Waals surface area (Å²) < 4.78 is 1.37. The zero-order valence-electron chi connectivity index (χ0n) is 13.7. The van der Waals surface area contributed by atoms with Crippen molar-refractivity contribution in [3.8, 4) is 5.69 Å². The Labute approximate surface area is 147 Å². The summed E-state index contributed by atoms with van der Waals surface area (Å²) in [5.41, 5.74) is 1.28. The van der Waals surface area contributed by atoms with Gasteiger partial charge in [0.15, 0.2) is 0 Å². The molecule has 24 heavy (non-hydrogen) atoms. The molecule has 0 amide bonds. The molecule has 0 unspecified atom stereocenters. The third kappa shape index (κ3) is 2.84. The van der Waals surface area contributed by atoms with E-state index >= 15 is 0 Å². The molecule has 0 N–H and O–H groups in total. The van der Waals surface area contributed by atoms with Gasteiger partial charge in [-0.1, -0.05) is 49.1 Å². The number of hydrogen-bond acceptors (Lipinski definition) is 3. The molecule has 1 aromatic carbocycles. The summed E-state index contributed by atoms with van der Waals surface area (Å²) in [6, 6.07) is 9.41. The van der Waals surface area contributed by atoms with Gasteiger partial charge in [0.1, 0.15) is 5.02 Å². The number of halogens is 1. The molecule has 126 valence electrons. The summed E-state index contributed by atoms with van der Waals surface area (Å²) in [5, 5.41) is 4.65. The van der Waals surface area contributed by atoms with Crippen molar-refractivity contribution in [3.63, 3.8) is 0 Å². The Bertz CT molecular complexity index is 774. The molecule has 5 heteroatoms. The summed E-state index contributed by atoms with van der Waals surface area (Å²) >= 11 is 6.44. The minimum absolute atomic E-state index is 0.244. The molecule has 1 saturated carbocycles. The van der Waals surface area contributed by atoms with E-state index in [2.05, 4.69) is 10.00 Å². The van der Waals surface area contributed by atoms with Crippen molar-refractivity contribution in [3.05, 3.63) is 51.9 Å². The van der Waals surface area contributed by atoms with Crippen molar-refractivity contribution in [1.29, 1.82) is 0 Å². The van der Waals surface area contributed by atoms with Crippen molar-refractivity contribution in [1.82, 2.24) is 9.78 Å². The highest BCUT2D eigenvalue weighted by molar-refractivity contribution is 6.33. The van der Waals surface area contributed by atoms with Crippen LogP contribution in [0.4, 0.5) is 5.69 Å².